The van der Waals surface area contributed by atoms with Crippen molar-refractivity contribution in [1.82, 2.24) is 9.97 Å². The zero-order valence-corrected chi connectivity index (χ0v) is 13.7. The van der Waals surface area contributed by atoms with Gasteiger partial charge >= 0.3 is 0 Å². The monoisotopic (exact) mass is 310 g/mol. The minimum Gasteiger partial charge on any atom is -0.306 e. The second-order valence-corrected chi connectivity index (χ2v) is 8.07. The third-order valence-electron chi connectivity index (χ3n) is 3.16. The van der Waals surface area contributed by atoms with Gasteiger partial charge in [-0.05, 0) is 24.3 Å². The van der Waals surface area contributed by atoms with Crippen molar-refractivity contribution >= 4 is 22.7 Å². The van der Waals surface area contributed by atoms with Gasteiger partial charge in [-0.3, -0.25) is 4.79 Å². The molecule has 0 aliphatic heterocycles. The second-order valence-electron chi connectivity index (χ2n) is 6.17. The maximum absolute atomic E-state index is 12.1. The Labute approximate surface area is 133 Å². The van der Waals surface area contributed by atoms with Crippen LogP contribution in [0.5, 0.6) is 0 Å². The Morgan fingerprint density at radius 1 is 1.00 bits per heavy atom. The number of aromatic amines is 1. The summed E-state index contributed by atoms with van der Waals surface area (Å²) in [5, 5.41) is 0.617. The lowest BCUT2D eigenvalue weighted by atomic mass is 10.2. The molecule has 0 unspecified atom stereocenters. The highest BCUT2D eigenvalue weighted by molar-refractivity contribution is 8.00. The van der Waals surface area contributed by atoms with Crippen molar-refractivity contribution < 1.29 is 0 Å². The van der Waals surface area contributed by atoms with E-state index in [1.165, 1.54) is 4.90 Å². The van der Waals surface area contributed by atoms with Gasteiger partial charge < -0.3 is 4.98 Å². The molecular weight excluding hydrogens is 292 g/mol. The molecule has 2 aromatic carbocycles. The average Bonchev–Trinajstić information content (AvgIpc) is 2.46. The molecule has 3 rings (SSSR count). The van der Waals surface area contributed by atoms with E-state index in [2.05, 4.69) is 42.9 Å². The molecule has 0 radical (unpaired) electrons. The minimum absolute atomic E-state index is 0.103. The number of aromatic nitrogens is 2. The van der Waals surface area contributed by atoms with E-state index in [9.17, 15) is 4.79 Å². The van der Waals surface area contributed by atoms with Crippen molar-refractivity contribution in [3.8, 4) is 11.4 Å². The van der Waals surface area contributed by atoms with Gasteiger partial charge in [-0.15, -0.1) is 11.8 Å². The molecule has 0 amide bonds. The summed E-state index contributed by atoms with van der Waals surface area (Å²) in [6.07, 6.45) is 0. The Kier molecular flexibility index (Phi) is 3.79. The topological polar surface area (TPSA) is 45.8 Å². The number of fused-ring (bicyclic) bond motifs is 1. The fourth-order valence-corrected chi connectivity index (χ4v) is 3.24. The summed E-state index contributed by atoms with van der Waals surface area (Å²) < 4.78 is 0.178. The molecule has 1 heterocycles. The van der Waals surface area contributed by atoms with Gasteiger partial charge in [0.25, 0.3) is 5.56 Å². The highest BCUT2D eigenvalue weighted by Crippen LogP contribution is 2.32. The van der Waals surface area contributed by atoms with Gasteiger partial charge in [-0.25, -0.2) is 4.98 Å². The Bertz CT molecular complexity index is 861. The smallest absolute Gasteiger partial charge is 0.259 e. The predicted octanol–water partition coefficient (Wildman–Crippen LogP) is 4.48. The van der Waals surface area contributed by atoms with Crippen molar-refractivity contribution in [1.29, 1.82) is 0 Å². The van der Waals surface area contributed by atoms with Gasteiger partial charge in [0.15, 0.2) is 0 Å². The quantitative estimate of drug-likeness (QED) is 0.710. The lowest BCUT2D eigenvalue weighted by molar-refractivity contribution is 0.803. The summed E-state index contributed by atoms with van der Waals surface area (Å²) in [5.74, 6) is 0.607. The largest absolute Gasteiger partial charge is 0.306 e. The van der Waals surface area contributed by atoms with Gasteiger partial charge in [-0.1, -0.05) is 45.0 Å². The maximum atomic E-state index is 12.1. The summed E-state index contributed by atoms with van der Waals surface area (Å²) in [6.45, 7) is 6.57. The standard InChI is InChI=1S/C18H18N2OS/c1-18(2,3)22-13-10-8-12(9-11-13)16-19-15-7-5-4-6-14(15)17(21)20-16/h4-11H,1-3H3,(H,19,20,21). The maximum Gasteiger partial charge on any atom is 0.259 e. The van der Waals surface area contributed by atoms with Crippen LogP contribution in [0.15, 0.2) is 58.2 Å². The number of hydrogen-bond donors (Lipinski definition) is 1. The fraction of sp³-hybridized carbons (Fsp3) is 0.222. The number of thioether (sulfide) groups is 1. The van der Waals surface area contributed by atoms with Crippen LogP contribution < -0.4 is 5.56 Å². The van der Waals surface area contributed by atoms with Gasteiger partial charge in [0, 0.05) is 15.2 Å². The van der Waals surface area contributed by atoms with Gasteiger partial charge in [0.05, 0.1) is 10.9 Å². The molecule has 0 aliphatic rings. The summed E-state index contributed by atoms with van der Waals surface area (Å²) >= 11 is 1.82. The zero-order chi connectivity index (χ0) is 15.7. The SMILES string of the molecule is CC(C)(C)Sc1ccc(-c2nc3ccccc3c(=O)[nH]2)cc1. The zero-order valence-electron chi connectivity index (χ0n) is 12.9. The summed E-state index contributed by atoms with van der Waals surface area (Å²) in [7, 11) is 0. The molecular formula is C18H18N2OS. The van der Waals surface area contributed by atoms with E-state index in [0.29, 0.717) is 11.2 Å². The van der Waals surface area contributed by atoms with E-state index < -0.39 is 0 Å². The molecule has 3 nitrogen and oxygen atoms in total. The van der Waals surface area contributed by atoms with Crippen molar-refractivity contribution in [2.75, 3.05) is 0 Å². The number of rotatable bonds is 2. The number of hydrogen-bond acceptors (Lipinski definition) is 3. The normalized spacial score (nSPS) is 11.8. The molecule has 1 aromatic heterocycles. The molecule has 0 aliphatic carbocycles. The van der Waals surface area contributed by atoms with Crippen LogP contribution in [0, 0.1) is 0 Å². The Hall–Kier alpha value is -2.07. The number of H-pyrrole nitrogens is 1. The lowest BCUT2D eigenvalue weighted by Gasteiger charge is -2.17. The van der Waals surface area contributed by atoms with Crippen LogP contribution >= 0.6 is 11.8 Å². The molecule has 0 saturated heterocycles. The highest BCUT2D eigenvalue weighted by Gasteiger charge is 2.12. The van der Waals surface area contributed by atoms with Crippen molar-refractivity contribution in [3.05, 3.63) is 58.9 Å². The van der Waals surface area contributed by atoms with Crippen LogP contribution in [0.3, 0.4) is 0 Å². The number of para-hydroxylation sites is 1. The average molecular weight is 310 g/mol. The summed E-state index contributed by atoms with van der Waals surface area (Å²) in [5.41, 5.74) is 1.53. The molecule has 0 bridgehead atoms. The summed E-state index contributed by atoms with van der Waals surface area (Å²) in [6, 6.07) is 15.5. The first-order valence-corrected chi connectivity index (χ1v) is 8.02. The van der Waals surface area contributed by atoms with E-state index in [4.69, 9.17) is 0 Å². The molecule has 22 heavy (non-hydrogen) atoms. The van der Waals surface area contributed by atoms with Crippen LogP contribution in [-0.4, -0.2) is 14.7 Å². The van der Waals surface area contributed by atoms with Crippen LogP contribution in [0.1, 0.15) is 20.8 Å². The van der Waals surface area contributed by atoms with E-state index in [1.807, 2.05) is 42.1 Å². The highest BCUT2D eigenvalue weighted by atomic mass is 32.2. The third kappa shape index (κ3) is 3.22. The van der Waals surface area contributed by atoms with E-state index in [0.717, 1.165) is 11.1 Å². The molecule has 0 fully saturated rings. The first kappa shape index (κ1) is 14.9. The summed E-state index contributed by atoms with van der Waals surface area (Å²) in [4.78, 5) is 20.7. The van der Waals surface area contributed by atoms with Crippen LogP contribution in [0.25, 0.3) is 22.3 Å². The number of nitrogens with zero attached hydrogens (tertiary/aromatic N) is 1. The van der Waals surface area contributed by atoms with E-state index in [1.54, 1.807) is 6.07 Å². The van der Waals surface area contributed by atoms with Crippen molar-refractivity contribution in [2.24, 2.45) is 0 Å². The predicted molar refractivity (Wildman–Crippen MR) is 93.4 cm³/mol. The van der Waals surface area contributed by atoms with Crippen LogP contribution in [-0.2, 0) is 0 Å². The molecule has 0 spiro atoms. The molecule has 0 saturated carbocycles. The van der Waals surface area contributed by atoms with Gasteiger partial charge in [-0.2, -0.15) is 0 Å². The second kappa shape index (κ2) is 5.61. The van der Waals surface area contributed by atoms with Gasteiger partial charge in [0.2, 0.25) is 0 Å². The first-order valence-electron chi connectivity index (χ1n) is 7.21. The molecule has 3 aromatic rings. The van der Waals surface area contributed by atoms with E-state index >= 15 is 0 Å². The third-order valence-corrected chi connectivity index (χ3v) is 4.28. The van der Waals surface area contributed by atoms with Crippen LogP contribution in [0.4, 0.5) is 0 Å². The molecule has 4 heteroatoms. The first-order chi connectivity index (χ1) is 10.4. The Balaban J connectivity index is 1.99. The van der Waals surface area contributed by atoms with Crippen LogP contribution in [0.2, 0.25) is 0 Å². The number of benzene rings is 2. The Morgan fingerprint density at radius 2 is 1.68 bits per heavy atom. The molecule has 112 valence electrons. The van der Waals surface area contributed by atoms with E-state index in [-0.39, 0.29) is 10.3 Å². The van der Waals surface area contributed by atoms with Gasteiger partial charge in [0.1, 0.15) is 5.82 Å². The Morgan fingerprint density at radius 3 is 2.36 bits per heavy atom. The molecule has 0 atom stereocenters. The minimum atomic E-state index is -0.103. The molecule has 1 N–H and O–H groups in total. The fourth-order valence-electron chi connectivity index (χ4n) is 2.26. The number of nitrogens with one attached hydrogen (secondary N) is 1. The van der Waals surface area contributed by atoms with Crippen molar-refractivity contribution in [3.63, 3.8) is 0 Å². The lowest BCUT2D eigenvalue weighted by Crippen LogP contribution is -2.09. The van der Waals surface area contributed by atoms with Crippen molar-refractivity contribution in [2.45, 2.75) is 30.4 Å².